The van der Waals surface area contributed by atoms with Crippen molar-refractivity contribution in [3.05, 3.63) is 15.8 Å². The van der Waals surface area contributed by atoms with Gasteiger partial charge < -0.3 is 10.0 Å². The van der Waals surface area contributed by atoms with Gasteiger partial charge in [-0.3, -0.25) is 0 Å². The highest BCUT2D eigenvalue weighted by atomic mass is 35.5. The number of aromatic nitrogens is 2. The molecule has 0 atom stereocenters. The van der Waals surface area contributed by atoms with E-state index in [-0.39, 0.29) is 10.4 Å². The van der Waals surface area contributed by atoms with Crippen LogP contribution >= 0.6 is 34.5 Å². The van der Waals surface area contributed by atoms with E-state index in [4.69, 9.17) is 33.2 Å². The van der Waals surface area contributed by atoms with Crippen LogP contribution in [0.5, 0.6) is 0 Å². The summed E-state index contributed by atoms with van der Waals surface area (Å²) in [4.78, 5) is 7.62. The Bertz CT molecular complexity index is 490. The Labute approximate surface area is 93.3 Å². The van der Waals surface area contributed by atoms with Crippen molar-refractivity contribution < 1.29 is 10.0 Å². The zero-order valence-corrected chi connectivity index (χ0v) is 8.94. The first-order valence-electron chi connectivity index (χ1n) is 3.56. The first-order chi connectivity index (χ1) is 6.59. The van der Waals surface area contributed by atoms with Gasteiger partial charge in [-0.05, 0) is 11.6 Å². The van der Waals surface area contributed by atoms with Gasteiger partial charge in [0.05, 0.1) is 10.3 Å². The third-order valence-electron chi connectivity index (χ3n) is 1.64. The van der Waals surface area contributed by atoms with E-state index in [0.29, 0.717) is 15.7 Å². The lowest BCUT2D eigenvalue weighted by atomic mass is 9.88. The molecule has 8 heteroatoms. The Hall–Kier alpha value is -0.395. The zero-order chi connectivity index (χ0) is 10.3. The molecule has 2 aromatic heterocycles. The van der Waals surface area contributed by atoms with Crippen molar-refractivity contribution in [1.82, 2.24) is 9.97 Å². The molecule has 0 amide bonds. The van der Waals surface area contributed by atoms with Gasteiger partial charge in [0.15, 0.2) is 0 Å². The van der Waals surface area contributed by atoms with Crippen LogP contribution in [0.4, 0.5) is 0 Å². The van der Waals surface area contributed by atoms with Crippen molar-refractivity contribution in [3.63, 3.8) is 0 Å². The van der Waals surface area contributed by atoms with Crippen molar-refractivity contribution in [1.29, 1.82) is 0 Å². The molecule has 0 spiro atoms. The van der Waals surface area contributed by atoms with Crippen LogP contribution in [0, 0.1) is 0 Å². The van der Waals surface area contributed by atoms with Crippen LogP contribution in [0.25, 0.3) is 10.9 Å². The van der Waals surface area contributed by atoms with Gasteiger partial charge in [0.25, 0.3) is 0 Å². The Morgan fingerprint density at radius 2 is 2.00 bits per heavy atom. The molecule has 0 aromatic carbocycles. The maximum Gasteiger partial charge on any atom is 0.501 e. The smallest absolute Gasteiger partial charge is 0.423 e. The topological polar surface area (TPSA) is 66.2 Å². The molecule has 4 nitrogen and oxygen atoms in total. The fourth-order valence-electron chi connectivity index (χ4n) is 1.07. The summed E-state index contributed by atoms with van der Waals surface area (Å²) < 4.78 is 0.311. The average Bonchev–Trinajstić information content (AvgIpc) is 2.47. The molecule has 72 valence electrons. The fourth-order valence-corrected chi connectivity index (χ4v) is 2.43. The Morgan fingerprint density at radius 3 is 2.64 bits per heavy atom. The van der Waals surface area contributed by atoms with Crippen molar-refractivity contribution in [2.45, 2.75) is 0 Å². The molecule has 2 heterocycles. The number of halogens is 2. The molecule has 2 N–H and O–H groups in total. The van der Waals surface area contributed by atoms with Crippen molar-refractivity contribution in [2.75, 3.05) is 0 Å². The quantitative estimate of drug-likeness (QED) is 0.443. The lowest BCUT2D eigenvalue weighted by Gasteiger charge is -1.97. The second-order valence-corrected chi connectivity index (χ2v) is 4.13. The monoisotopic (exact) mass is 248 g/mol. The summed E-state index contributed by atoms with van der Waals surface area (Å²) in [5, 5.41) is 20.5. The van der Waals surface area contributed by atoms with Crippen LogP contribution < -0.4 is 4.78 Å². The van der Waals surface area contributed by atoms with Gasteiger partial charge in [0.1, 0.15) is 5.15 Å². The minimum atomic E-state index is -1.57. The van der Waals surface area contributed by atoms with Gasteiger partial charge in [-0.25, -0.2) is 9.97 Å². The molecule has 0 saturated carbocycles. The van der Waals surface area contributed by atoms with E-state index in [1.807, 2.05) is 0 Å². The molecule has 2 rings (SSSR count). The second kappa shape index (κ2) is 3.64. The van der Waals surface area contributed by atoms with E-state index in [1.165, 1.54) is 0 Å². The molecular formula is C6H3BCl2N2O2S. The molecule has 0 radical (unpaired) electrons. The van der Waals surface area contributed by atoms with Crippen LogP contribution in [0.2, 0.25) is 10.4 Å². The predicted molar refractivity (Wildman–Crippen MR) is 57.3 cm³/mol. The molecule has 14 heavy (non-hydrogen) atoms. The summed E-state index contributed by atoms with van der Waals surface area (Å²) in [6, 6.07) is 0. The van der Waals surface area contributed by atoms with E-state index in [1.54, 1.807) is 5.38 Å². The third-order valence-corrected chi connectivity index (χ3v) is 3.11. The number of hydrogen-bond acceptors (Lipinski definition) is 5. The highest BCUT2D eigenvalue weighted by Gasteiger charge is 2.20. The molecule has 0 fully saturated rings. The maximum absolute atomic E-state index is 9.01. The molecule has 0 unspecified atom stereocenters. The van der Waals surface area contributed by atoms with E-state index < -0.39 is 7.12 Å². The molecule has 0 aliphatic rings. The van der Waals surface area contributed by atoms with Gasteiger partial charge in [0, 0.05) is 10.8 Å². The summed E-state index contributed by atoms with van der Waals surface area (Å²) >= 11 is 12.5. The van der Waals surface area contributed by atoms with E-state index >= 15 is 0 Å². The van der Waals surface area contributed by atoms with Crippen LogP contribution in [-0.2, 0) is 0 Å². The van der Waals surface area contributed by atoms with Gasteiger partial charge in [-0.15, -0.1) is 11.3 Å². The lowest BCUT2D eigenvalue weighted by Crippen LogP contribution is -2.27. The zero-order valence-electron chi connectivity index (χ0n) is 6.61. The molecular weight excluding hydrogens is 246 g/mol. The van der Waals surface area contributed by atoms with Crippen LogP contribution in [0.15, 0.2) is 5.38 Å². The van der Waals surface area contributed by atoms with E-state index in [0.717, 1.165) is 11.3 Å². The summed E-state index contributed by atoms with van der Waals surface area (Å²) in [7, 11) is -1.57. The highest BCUT2D eigenvalue weighted by Crippen LogP contribution is 2.23. The highest BCUT2D eigenvalue weighted by molar-refractivity contribution is 7.22. The average molecular weight is 249 g/mol. The summed E-state index contributed by atoms with van der Waals surface area (Å²) in [5.74, 6) is 0. The molecule has 2 aromatic rings. The number of thiophene rings is 1. The van der Waals surface area contributed by atoms with E-state index in [9.17, 15) is 0 Å². The standard InChI is InChI=1S/C6H3BCl2N2O2S/c8-5-2-1-14-4(7(12)13)3(2)10-6(9)11-5/h1,12-13H. The SMILES string of the molecule is OB(O)c1scc2c(Cl)nc(Cl)nc12. The number of fused-ring (bicyclic) bond motifs is 1. The fraction of sp³-hybridized carbons (Fsp3) is 0. The van der Waals surface area contributed by atoms with Gasteiger partial charge in [0.2, 0.25) is 5.28 Å². The van der Waals surface area contributed by atoms with Gasteiger partial charge >= 0.3 is 7.12 Å². The predicted octanol–water partition coefficient (Wildman–Crippen LogP) is 0.678. The Morgan fingerprint density at radius 1 is 1.29 bits per heavy atom. The molecule has 0 saturated heterocycles. The first-order valence-corrected chi connectivity index (χ1v) is 5.19. The largest absolute Gasteiger partial charge is 0.501 e. The first kappa shape index (κ1) is 10.1. The van der Waals surface area contributed by atoms with E-state index in [2.05, 4.69) is 9.97 Å². The molecule has 0 aliphatic heterocycles. The van der Waals surface area contributed by atoms with Crippen molar-refractivity contribution >= 4 is 57.3 Å². The van der Waals surface area contributed by atoms with Crippen molar-refractivity contribution in [3.8, 4) is 0 Å². The van der Waals surface area contributed by atoms with Gasteiger partial charge in [-0.1, -0.05) is 11.6 Å². The lowest BCUT2D eigenvalue weighted by molar-refractivity contribution is 0.427. The van der Waals surface area contributed by atoms with Crippen LogP contribution in [0.3, 0.4) is 0 Å². The summed E-state index contributed by atoms with van der Waals surface area (Å²) in [6.45, 7) is 0. The molecule has 0 aliphatic carbocycles. The minimum Gasteiger partial charge on any atom is -0.423 e. The summed E-state index contributed by atoms with van der Waals surface area (Å²) in [6.07, 6.45) is 0. The second-order valence-electron chi connectivity index (χ2n) is 2.52. The van der Waals surface area contributed by atoms with Gasteiger partial charge in [-0.2, -0.15) is 0 Å². The number of nitrogens with zero attached hydrogens (tertiary/aromatic N) is 2. The number of hydrogen-bond donors (Lipinski definition) is 2. The van der Waals surface area contributed by atoms with Crippen LogP contribution in [-0.4, -0.2) is 27.1 Å². The third kappa shape index (κ3) is 1.60. The summed E-state index contributed by atoms with van der Waals surface area (Å²) in [5.41, 5.74) is 0.384. The minimum absolute atomic E-state index is 0.0113. The molecule has 0 bridgehead atoms. The van der Waals surface area contributed by atoms with Crippen LogP contribution in [0.1, 0.15) is 0 Å². The normalized spacial score (nSPS) is 10.9. The Balaban J connectivity index is 2.78. The Kier molecular flexibility index (Phi) is 2.63. The number of rotatable bonds is 1. The van der Waals surface area contributed by atoms with Crippen molar-refractivity contribution in [2.24, 2.45) is 0 Å². The maximum atomic E-state index is 9.01.